The number of nitrogens with two attached hydrogens (primary N) is 1. The molecule has 0 aliphatic heterocycles. The Morgan fingerprint density at radius 1 is 1.35 bits per heavy atom. The largest absolute Gasteiger partial charge is 0.478 e. The van der Waals surface area contributed by atoms with Gasteiger partial charge in [-0.25, -0.2) is 4.79 Å². The molecule has 1 aliphatic carbocycles. The van der Waals surface area contributed by atoms with Gasteiger partial charge in [-0.2, -0.15) is 4.37 Å². The molecule has 1 heterocycles. The van der Waals surface area contributed by atoms with Crippen LogP contribution in [-0.2, 0) is 4.79 Å². The van der Waals surface area contributed by atoms with E-state index in [1.807, 2.05) is 0 Å². The van der Waals surface area contributed by atoms with Crippen molar-refractivity contribution in [1.82, 2.24) is 4.37 Å². The lowest BCUT2D eigenvalue weighted by Gasteiger charge is -2.20. The number of aryl methyl sites for hydroxylation is 1. The smallest absolute Gasteiger partial charge is 0.340 e. The van der Waals surface area contributed by atoms with Crippen LogP contribution in [-0.4, -0.2) is 27.4 Å². The summed E-state index contributed by atoms with van der Waals surface area (Å²) < 4.78 is 3.99. The van der Waals surface area contributed by atoms with E-state index in [0.29, 0.717) is 10.7 Å². The molecule has 1 aromatic heterocycles. The van der Waals surface area contributed by atoms with Crippen LogP contribution in [0.15, 0.2) is 0 Å². The van der Waals surface area contributed by atoms with Gasteiger partial charge in [0.25, 0.3) is 0 Å². The van der Waals surface area contributed by atoms with Gasteiger partial charge in [0.15, 0.2) is 0 Å². The third-order valence-corrected chi connectivity index (χ3v) is 4.57. The summed E-state index contributed by atoms with van der Waals surface area (Å²) in [5.74, 6) is -1.51. The molecule has 0 spiro atoms. The minimum atomic E-state index is -1.07. The van der Waals surface area contributed by atoms with Crippen molar-refractivity contribution in [2.75, 3.05) is 5.32 Å². The molecule has 2 atom stereocenters. The van der Waals surface area contributed by atoms with Crippen molar-refractivity contribution >= 4 is 28.4 Å². The number of anilines is 1. The summed E-state index contributed by atoms with van der Waals surface area (Å²) in [6.07, 6.45) is 4.72. The number of nitrogens with zero attached hydrogens (tertiary/aromatic N) is 1. The van der Waals surface area contributed by atoms with E-state index in [2.05, 4.69) is 9.69 Å². The van der Waals surface area contributed by atoms with Crippen molar-refractivity contribution in [1.29, 1.82) is 0 Å². The first-order valence-electron chi connectivity index (χ1n) is 6.76. The second-order valence-corrected chi connectivity index (χ2v) is 5.95. The third-order valence-electron chi connectivity index (χ3n) is 3.72. The number of aromatic carboxylic acids is 1. The highest BCUT2D eigenvalue weighted by molar-refractivity contribution is 7.11. The molecule has 20 heavy (non-hydrogen) atoms. The lowest BCUT2D eigenvalue weighted by Crippen LogP contribution is -2.37. The van der Waals surface area contributed by atoms with Crippen LogP contribution in [0.4, 0.5) is 5.00 Å². The first kappa shape index (κ1) is 14.9. The Balaban J connectivity index is 2.13. The number of aromatic nitrogens is 1. The van der Waals surface area contributed by atoms with Crippen LogP contribution in [0.5, 0.6) is 0 Å². The van der Waals surface area contributed by atoms with Crippen molar-refractivity contribution in [2.45, 2.75) is 45.1 Å². The van der Waals surface area contributed by atoms with Crippen molar-refractivity contribution < 1.29 is 14.7 Å². The Morgan fingerprint density at radius 3 is 2.75 bits per heavy atom. The van der Waals surface area contributed by atoms with Crippen LogP contribution in [0, 0.1) is 12.8 Å². The minimum absolute atomic E-state index is 0.0746. The number of nitrogens with one attached hydrogen (secondary N) is 1. The fourth-order valence-corrected chi connectivity index (χ4v) is 3.37. The van der Waals surface area contributed by atoms with Gasteiger partial charge >= 0.3 is 5.97 Å². The first-order valence-corrected chi connectivity index (χ1v) is 7.54. The van der Waals surface area contributed by atoms with Gasteiger partial charge in [-0.15, -0.1) is 0 Å². The van der Waals surface area contributed by atoms with Gasteiger partial charge in [-0.1, -0.05) is 19.3 Å². The Morgan fingerprint density at radius 2 is 2.05 bits per heavy atom. The molecular formula is C13H19N3O3S. The summed E-state index contributed by atoms with van der Waals surface area (Å²) in [5.41, 5.74) is 6.54. The molecule has 110 valence electrons. The summed E-state index contributed by atoms with van der Waals surface area (Å²) in [4.78, 5) is 23.5. The number of rotatable bonds is 3. The Labute approximate surface area is 121 Å². The van der Waals surface area contributed by atoms with Crippen LogP contribution >= 0.6 is 11.5 Å². The third kappa shape index (κ3) is 3.16. The molecule has 0 bridgehead atoms. The molecule has 1 aliphatic rings. The Hall–Kier alpha value is -1.47. The average Bonchev–Trinajstić information content (AvgIpc) is 2.60. The molecule has 2 unspecified atom stereocenters. The summed E-state index contributed by atoms with van der Waals surface area (Å²) in [6.45, 7) is 1.62. The number of carbonyl (C=O) groups is 2. The fourth-order valence-electron chi connectivity index (χ4n) is 2.57. The van der Waals surface area contributed by atoms with E-state index in [9.17, 15) is 9.59 Å². The van der Waals surface area contributed by atoms with Gasteiger partial charge in [0.2, 0.25) is 5.91 Å². The normalized spacial score (nSPS) is 23.1. The van der Waals surface area contributed by atoms with Gasteiger partial charge in [0, 0.05) is 6.04 Å². The van der Waals surface area contributed by atoms with E-state index in [0.717, 1.165) is 43.6 Å². The van der Waals surface area contributed by atoms with Crippen LogP contribution in [0.25, 0.3) is 0 Å². The van der Waals surface area contributed by atoms with Gasteiger partial charge < -0.3 is 16.2 Å². The molecule has 7 heteroatoms. The van der Waals surface area contributed by atoms with Gasteiger partial charge in [0.05, 0.1) is 11.6 Å². The number of carbonyl (C=O) groups excluding carboxylic acids is 1. The van der Waals surface area contributed by atoms with E-state index >= 15 is 0 Å². The van der Waals surface area contributed by atoms with Gasteiger partial charge in [0.1, 0.15) is 10.6 Å². The predicted molar refractivity (Wildman–Crippen MR) is 77.0 cm³/mol. The standard InChI is InChI=1S/C13H19N3O3S/c1-7-10(13(18)19)12(20-16-7)15-11(17)8-5-3-2-4-6-9(8)14/h8-9H,2-6,14H2,1H3,(H,15,17)(H,18,19). The average molecular weight is 297 g/mol. The molecular weight excluding hydrogens is 278 g/mol. The molecule has 0 radical (unpaired) electrons. The van der Waals surface area contributed by atoms with Crippen LogP contribution < -0.4 is 11.1 Å². The van der Waals surface area contributed by atoms with E-state index in [-0.39, 0.29) is 23.4 Å². The summed E-state index contributed by atoms with van der Waals surface area (Å²) >= 11 is 1.000. The highest BCUT2D eigenvalue weighted by Gasteiger charge is 2.29. The van der Waals surface area contributed by atoms with Crippen LogP contribution in [0.3, 0.4) is 0 Å². The highest BCUT2D eigenvalue weighted by atomic mass is 32.1. The van der Waals surface area contributed by atoms with Gasteiger partial charge in [-0.3, -0.25) is 4.79 Å². The topological polar surface area (TPSA) is 105 Å². The predicted octanol–water partition coefficient (Wildman–Crippen LogP) is 2.00. The quantitative estimate of drug-likeness (QED) is 0.740. The molecule has 1 amide bonds. The summed E-state index contributed by atoms with van der Waals surface area (Å²) in [6, 6.07) is -0.153. The molecule has 0 saturated heterocycles. The number of hydrogen-bond donors (Lipinski definition) is 3. The number of carboxylic acid groups (broad SMARTS) is 1. The maximum Gasteiger partial charge on any atom is 0.340 e. The van der Waals surface area contributed by atoms with Crippen molar-refractivity contribution in [3.05, 3.63) is 11.3 Å². The molecule has 0 aromatic carbocycles. The number of carboxylic acids is 1. The van der Waals surface area contributed by atoms with E-state index in [4.69, 9.17) is 10.8 Å². The van der Waals surface area contributed by atoms with E-state index in [1.54, 1.807) is 6.92 Å². The second kappa shape index (κ2) is 6.32. The molecule has 1 fully saturated rings. The first-order chi connectivity index (χ1) is 9.50. The fraction of sp³-hybridized carbons (Fsp3) is 0.615. The zero-order valence-corrected chi connectivity index (χ0v) is 12.2. The summed E-state index contributed by atoms with van der Waals surface area (Å²) in [5, 5.41) is 12.1. The lowest BCUT2D eigenvalue weighted by atomic mass is 9.94. The molecule has 2 rings (SSSR count). The number of hydrogen-bond acceptors (Lipinski definition) is 5. The SMILES string of the molecule is Cc1nsc(NC(=O)C2CCCCCC2N)c1C(=O)O. The highest BCUT2D eigenvalue weighted by Crippen LogP contribution is 2.28. The second-order valence-electron chi connectivity index (χ2n) is 5.17. The lowest BCUT2D eigenvalue weighted by molar-refractivity contribution is -0.120. The maximum atomic E-state index is 12.3. The molecule has 1 saturated carbocycles. The Bertz CT molecular complexity index is 515. The zero-order chi connectivity index (χ0) is 14.7. The monoisotopic (exact) mass is 297 g/mol. The van der Waals surface area contributed by atoms with Crippen molar-refractivity contribution in [3.63, 3.8) is 0 Å². The van der Waals surface area contributed by atoms with Crippen molar-refractivity contribution in [3.8, 4) is 0 Å². The zero-order valence-electron chi connectivity index (χ0n) is 11.4. The molecule has 1 aromatic rings. The Kier molecular flexibility index (Phi) is 4.72. The van der Waals surface area contributed by atoms with Crippen molar-refractivity contribution in [2.24, 2.45) is 11.7 Å². The van der Waals surface area contributed by atoms with Crippen LogP contribution in [0.1, 0.15) is 48.2 Å². The minimum Gasteiger partial charge on any atom is -0.478 e. The molecule has 4 N–H and O–H groups in total. The van der Waals surface area contributed by atoms with E-state index in [1.165, 1.54) is 0 Å². The van der Waals surface area contributed by atoms with Crippen LogP contribution in [0.2, 0.25) is 0 Å². The summed E-state index contributed by atoms with van der Waals surface area (Å²) in [7, 11) is 0. The van der Waals surface area contributed by atoms with Gasteiger partial charge in [-0.05, 0) is 31.3 Å². The maximum absolute atomic E-state index is 12.3. The molecule has 6 nitrogen and oxygen atoms in total. The number of amides is 1. The van der Waals surface area contributed by atoms with E-state index < -0.39 is 5.97 Å².